The number of likely N-dealkylation sites (tertiary alicyclic amines) is 1. The molecule has 2 aliphatic rings. The van der Waals surface area contributed by atoms with Gasteiger partial charge in [0.2, 0.25) is 5.91 Å². The van der Waals surface area contributed by atoms with E-state index in [9.17, 15) is 14.7 Å². The average molecular weight is 227 g/mol. The molecule has 2 fully saturated rings. The van der Waals surface area contributed by atoms with Crippen molar-refractivity contribution < 1.29 is 19.8 Å². The second-order valence-electron chi connectivity index (χ2n) is 4.79. The number of carbonyl (C=O) groups excluding carboxylic acids is 1. The van der Waals surface area contributed by atoms with Crippen LogP contribution < -0.4 is 0 Å². The van der Waals surface area contributed by atoms with Crippen molar-refractivity contribution in [1.82, 2.24) is 4.90 Å². The molecule has 2 N–H and O–H groups in total. The SMILES string of the molecule is O=C(O)[C@@H]1C[C@H](O)CN1C(=O)CC1CCC1. The number of β-amino-alcohol motifs (C(OH)–C–C–N with tert-alkyl or cyclic N) is 1. The minimum atomic E-state index is -1.02. The van der Waals surface area contributed by atoms with Crippen molar-refractivity contribution in [1.29, 1.82) is 0 Å². The lowest BCUT2D eigenvalue weighted by molar-refractivity contribution is -0.148. The van der Waals surface area contributed by atoms with Crippen molar-refractivity contribution in [2.75, 3.05) is 6.54 Å². The largest absolute Gasteiger partial charge is 0.480 e. The quantitative estimate of drug-likeness (QED) is 0.723. The molecule has 0 unspecified atom stereocenters. The molecule has 0 aromatic heterocycles. The minimum Gasteiger partial charge on any atom is -0.480 e. The predicted molar refractivity (Wildman–Crippen MR) is 55.7 cm³/mol. The highest BCUT2D eigenvalue weighted by molar-refractivity contribution is 5.84. The van der Waals surface area contributed by atoms with Gasteiger partial charge in [0.15, 0.2) is 0 Å². The van der Waals surface area contributed by atoms with Gasteiger partial charge < -0.3 is 15.1 Å². The summed E-state index contributed by atoms with van der Waals surface area (Å²) >= 11 is 0. The van der Waals surface area contributed by atoms with E-state index in [4.69, 9.17) is 5.11 Å². The van der Waals surface area contributed by atoms with Gasteiger partial charge in [0.05, 0.1) is 6.10 Å². The fourth-order valence-electron chi connectivity index (χ4n) is 2.38. The maximum Gasteiger partial charge on any atom is 0.326 e. The van der Waals surface area contributed by atoms with E-state index in [0.29, 0.717) is 12.3 Å². The Morgan fingerprint density at radius 2 is 2.00 bits per heavy atom. The van der Waals surface area contributed by atoms with Gasteiger partial charge in [-0.3, -0.25) is 4.79 Å². The van der Waals surface area contributed by atoms with Crippen molar-refractivity contribution in [3.8, 4) is 0 Å². The van der Waals surface area contributed by atoms with E-state index in [1.807, 2.05) is 0 Å². The van der Waals surface area contributed by atoms with Gasteiger partial charge in [-0.25, -0.2) is 4.79 Å². The van der Waals surface area contributed by atoms with Crippen LogP contribution in [0.1, 0.15) is 32.1 Å². The maximum atomic E-state index is 11.9. The number of nitrogens with zero attached hydrogens (tertiary/aromatic N) is 1. The number of aliphatic hydroxyl groups is 1. The summed E-state index contributed by atoms with van der Waals surface area (Å²) in [7, 11) is 0. The van der Waals surface area contributed by atoms with Gasteiger partial charge in [0, 0.05) is 19.4 Å². The Labute approximate surface area is 94.0 Å². The van der Waals surface area contributed by atoms with Crippen LogP contribution in [0, 0.1) is 5.92 Å². The number of hydrogen-bond acceptors (Lipinski definition) is 3. The summed E-state index contributed by atoms with van der Waals surface area (Å²) in [5, 5.41) is 18.4. The van der Waals surface area contributed by atoms with Crippen LogP contribution in [0.3, 0.4) is 0 Å². The summed E-state index contributed by atoms with van der Waals surface area (Å²) in [6, 6.07) is -0.831. The van der Waals surface area contributed by atoms with Crippen LogP contribution in [0.15, 0.2) is 0 Å². The zero-order valence-electron chi connectivity index (χ0n) is 9.13. The number of hydrogen-bond donors (Lipinski definition) is 2. The van der Waals surface area contributed by atoms with E-state index in [0.717, 1.165) is 12.8 Å². The van der Waals surface area contributed by atoms with Gasteiger partial charge in [0.25, 0.3) is 0 Å². The number of aliphatic hydroxyl groups excluding tert-OH is 1. The lowest BCUT2D eigenvalue weighted by atomic mass is 9.82. The lowest BCUT2D eigenvalue weighted by Crippen LogP contribution is -2.41. The molecule has 0 bridgehead atoms. The Kier molecular flexibility index (Phi) is 3.14. The molecule has 16 heavy (non-hydrogen) atoms. The number of carboxylic acid groups (broad SMARTS) is 1. The first-order valence-electron chi connectivity index (χ1n) is 5.78. The summed E-state index contributed by atoms with van der Waals surface area (Å²) in [5.74, 6) is -0.702. The van der Waals surface area contributed by atoms with Crippen LogP contribution in [0.25, 0.3) is 0 Å². The number of carbonyl (C=O) groups is 2. The Balaban J connectivity index is 1.95. The molecule has 5 nitrogen and oxygen atoms in total. The zero-order chi connectivity index (χ0) is 11.7. The first kappa shape index (κ1) is 11.4. The highest BCUT2D eigenvalue weighted by Crippen LogP contribution is 2.31. The smallest absolute Gasteiger partial charge is 0.326 e. The number of amides is 1. The lowest BCUT2D eigenvalue weighted by Gasteiger charge is -2.28. The third-order valence-corrected chi connectivity index (χ3v) is 3.57. The van der Waals surface area contributed by atoms with E-state index >= 15 is 0 Å². The monoisotopic (exact) mass is 227 g/mol. The van der Waals surface area contributed by atoms with E-state index in [1.54, 1.807) is 0 Å². The predicted octanol–water partition coefficient (Wildman–Crippen LogP) is 0.223. The molecule has 0 aromatic carbocycles. The molecule has 2 rings (SSSR count). The average Bonchev–Trinajstić information content (AvgIpc) is 2.53. The fraction of sp³-hybridized carbons (Fsp3) is 0.818. The van der Waals surface area contributed by atoms with Crippen LogP contribution in [0.2, 0.25) is 0 Å². The van der Waals surface area contributed by atoms with Gasteiger partial charge in [-0.15, -0.1) is 0 Å². The molecular weight excluding hydrogens is 210 g/mol. The van der Waals surface area contributed by atoms with E-state index in [1.165, 1.54) is 11.3 Å². The molecule has 1 aliphatic heterocycles. The highest BCUT2D eigenvalue weighted by Gasteiger charge is 2.39. The Bertz CT molecular complexity index is 300. The molecule has 1 aliphatic carbocycles. The fourth-order valence-corrected chi connectivity index (χ4v) is 2.38. The van der Waals surface area contributed by atoms with Crippen molar-refractivity contribution in [3.05, 3.63) is 0 Å². The molecule has 1 saturated heterocycles. The Morgan fingerprint density at radius 1 is 1.31 bits per heavy atom. The highest BCUT2D eigenvalue weighted by atomic mass is 16.4. The summed E-state index contributed by atoms with van der Waals surface area (Å²) in [5.41, 5.74) is 0. The Morgan fingerprint density at radius 3 is 2.50 bits per heavy atom. The minimum absolute atomic E-state index is 0.117. The van der Waals surface area contributed by atoms with Crippen LogP contribution in [-0.4, -0.2) is 45.7 Å². The molecule has 2 atom stereocenters. The van der Waals surface area contributed by atoms with Crippen molar-refractivity contribution in [2.45, 2.75) is 44.2 Å². The third-order valence-electron chi connectivity index (χ3n) is 3.57. The molecular formula is C11H17NO4. The molecule has 0 spiro atoms. The third kappa shape index (κ3) is 2.19. The van der Waals surface area contributed by atoms with Gasteiger partial charge >= 0.3 is 5.97 Å². The van der Waals surface area contributed by atoms with Crippen molar-refractivity contribution in [3.63, 3.8) is 0 Å². The van der Waals surface area contributed by atoms with Gasteiger partial charge in [-0.05, 0) is 18.8 Å². The molecule has 1 saturated carbocycles. The van der Waals surface area contributed by atoms with E-state index in [2.05, 4.69) is 0 Å². The molecule has 1 heterocycles. The standard InChI is InChI=1S/C11H17NO4/c13-8-5-9(11(15)16)12(6-8)10(14)4-7-2-1-3-7/h7-9,13H,1-6H2,(H,15,16)/t8-,9-/m0/s1. The molecule has 1 amide bonds. The van der Waals surface area contributed by atoms with Gasteiger partial charge in [-0.1, -0.05) is 6.42 Å². The zero-order valence-corrected chi connectivity index (χ0v) is 9.13. The van der Waals surface area contributed by atoms with Crippen LogP contribution in [0.5, 0.6) is 0 Å². The summed E-state index contributed by atoms with van der Waals surface area (Å²) in [4.78, 5) is 24.1. The van der Waals surface area contributed by atoms with Gasteiger partial charge in [0.1, 0.15) is 6.04 Å². The maximum absolute atomic E-state index is 11.9. The molecule has 90 valence electrons. The summed E-state index contributed by atoms with van der Waals surface area (Å²) in [6.07, 6.45) is 3.22. The number of rotatable bonds is 3. The number of aliphatic carboxylic acids is 1. The molecule has 0 aromatic rings. The second-order valence-corrected chi connectivity index (χ2v) is 4.79. The van der Waals surface area contributed by atoms with Crippen molar-refractivity contribution >= 4 is 11.9 Å². The van der Waals surface area contributed by atoms with E-state index in [-0.39, 0.29) is 18.9 Å². The summed E-state index contributed by atoms with van der Waals surface area (Å²) < 4.78 is 0. The molecule has 0 radical (unpaired) electrons. The van der Waals surface area contributed by atoms with Crippen LogP contribution >= 0.6 is 0 Å². The number of carboxylic acids is 1. The second kappa shape index (κ2) is 4.41. The van der Waals surface area contributed by atoms with E-state index < -0.39 is 18.1 Å². The topological polar surface area (TPSA) is 77.8 Å². The van der Waals surface area contributed by atoms with Crippen LogP contribution in [0.4, 0.5) is 0 Å². The first-order valence-corrected chi connectivity index (χ1v) is 5.78. The van der Waals surface area contributed by atoms with Crippen LogP contribution in [-0.2, 0) is 9.59 Å². The van der Waals surface area contributed by atoms with Gasteiger partial charge in [-0.2, -0.15) is 0 Å². The Hall–Kier alpha value is -1.10. The first-order chi connectivity index (χ1) is 7.58. The molecule has 5 heteroatoms. The summed E-state index contributed by atoms with van der Waals surface area (Å²) in [6.45, 7) is 0.169. The normalized spacial score (nSPS) is 30.2. The van der Waals surface area contributed by atoms with Crippen molar-refractivity contribution in [2.24, 2.45) is 5.92 Å².